The van der Waals surface area contributed by atoms with Gasteiger partial charge >= 0.3 is 0 Å². The van der Waals surface area contributed by atoms with E-state index < -0.39 is 5.82 Å². The van der Waals surface area contributed by atoms with E-state index in [1.165, 1.54) is 6.07 Å². The highest BCUT2D eigenvalue weighted by atomic mass is 19.1. The van der Waals surface area contributed by atoms with Crippen molar-refractivity contribution in [1.82, 2.24) is 4.90 Å². The quantitative estimate of drug-likeness (QED) is 0.853. The molecular formula is C13H17FN2O2. The van der Waals surface area contributed by atoms with Crippen LogP contribution in [0.25, 0.3) is 0 Å². The van der Waals surface area contributed by atoms with Crippen LogP contribution in [0.2, 0.25) is 0 Å². The van der Waals surface area contributed by atoms with Gasteiger partial charge in [-0.25, -0.2) is 4.39 Å². The van der Waals surface area contributed by atoms with E-state index in [0.29, 0.717) is 25.6 Å². The fourth-order valence-corrected chi connectivity index (χ4v) is 2.34. The maximum absolute atomic E-state index is 13.1. The largest absolute Gasteiger partial charge is 0.507 e. The van der Waals surface area contributed by atoms with Crippen LogP contribution >= 0.6 is 0 Å². The standard InChI is InChI=1S/C13H17FN2O2/c14-10-1-2-12(17)11(7-10)13(18)16-6-4-9(8-16)3-5-15/h1-2,7,9,17H,3-6,8,15H2. The summed E-state index contributed by atoms with van der Waals surface area (Å²) in [5.41, 5.74) is 5.52. The molecule has 1 atom stereocenters. The summed E-state index contributed by atoms with van der Waals surface area (Å²) in [7, 11) is 0. The molecule has 0 saturated carbocycles. The third-order valence-electron chi connectivity index (χ3n) is 3.34. The molecule has 1 saturated heterocycles. The van der Waals surface area contributed by atoms with Gasteiger partial charge in [0.25, 0.3) is 5.91 Å². The minimum absolute atomic E-state index is 0.0309. The molecule has 1 unspecified atom stereocenters. The highest BCUT2D eigenvalue weighted by Gasteiger charge is 2.27. The SMILES string of the molecule is NCCC1CCN(C(=O)c2cc(F)ccc2O)C1. The summed E-state index contributed by atoms with van der Waals surface area (Å²) < 4.78 is 13.1. The van der Waals surface area contributed by atoms with Gasteiger partial charge in [0.15, 0.2) is 0 Å². The molecule has 1 fully saturated rings. The topological polar surface area (TPSA) is 66.6 Å². The molecule has 1 heterocycles. The molecule has 3 N–H and O–H groups in total. The average Bonchev–Trinajstić information content (AvgIpc) is 2.80. The van der Waals surface area contributed by atoms with Crippen molar-refractivity contribution >= 4 is 5.91 Å². The van der Waals surface area contributed by atoms with Crippen molar-refractivity contribution in [2.75, 3.05) is 19.6 Å². The summed E-state index contributed by atoms with van der Waals surface area (Å²) >= 11 is 0. The van der Waals surface area contributed by atoms with E-state index in [-0.39, 0.29) is 17.2 Å². The van der Waals surface area contributed by atoms with Crippen LogP contribution in [0, 0.1) is 11.7 Å². The predicted octanol–water partition coefficient (Wildman–Crippen LogP) is 1.34. The number of hydrogen-bond acceptors (Lipinski definition) is 3. The van der Waals surface area contributed by atoms with Gasteiger partial charge in [-0.2, -0.15) is 0 Å². The van der Waals surface area contributed by atoms with Gasteiger partial charge in [-0.05, 0) is 43.5 Å². The Kier molecular flexibility index (Phi) is 3.81. The van der Waals surface area contributed by atoms with Gasteiger partial charge in [0.2, 0.25) is 0 Å². The lowest BCUT2D eigenvalue weighted by molar-refractivity contribution is 0.0783. The molecule has 0 spiro atoms. The van der Waals surface area contributed by atoms with Crippen LogP contribution in [0.3, 0.4) is 0 Å². The van der Waals surface area contributed by atoms with Gasteiger partial charge in [-0.1, -0.05) is 0 Å². The Morgan fingerprint density at radius 1 is 1.56 bits per heavy atom. The van der Waals surface area contributed by atoms with E-state index in [9.17, 15) is 14.3 Å². The van der Waals surface area contributed by atoms with E-state index in [0.717, 1.165) is 25.0 Å². The number of benzene rings is 1. The number of nitrogens with zero attached hydrogens (tertiary/aromatic N) is 1. The van der Waals surface area contributed by atoms with E-state index in [2.05, 4.69) is 0 Å². The first-order valence-electron chi connectivity index (χ1n) is 6.09. The molecule has 1 amide bonds. The van der Waals surface area contributed by atoms with Crippen molar-refractivity contribution in [2.24, 2.45) is 11.7 Å². The van der Waals surface area contributed by atoms with E-state index in [4.69, 9.17) is 5.73 Å². The Hall–Kier alpha value is -1.62. The van der Waals surface area contributed by atoms with E-state index in [1.807, 2.05) is 0 Å². The van der Waals surface area contributed by atoms with Crippen molar-refractivity contribution in [3.63, 3.8) is 0 Å². The summed E-state index contributed by atoms with van der Waals surface area (Å²) in [4.78, 5) is 13.8. The third-order valence-corrected chi connectivity index (χ3v) is 3.34. The Morgan fingerprint density at radius 3 is 3.06 bits per heavy atom. The number of carbonyl (C=O) groups is 1. The molecule has 5 heteroatoms. The maximum Gasteiger partial charge on any atom is 0.257 e. The molecule has 0 aliphatic carbocycles. The Balaban J connectivity index is 2.10. The zero-order chi connectivity index (χ0) is 13.1. The van der Waals surface area contributed by atoms with Gasteiger partial charge in [-0.3, -0.25) is 4.79 Å². The molecule has 1 aromatic carbocycles. The Bertz CT molecular complexity index is 451. The first-order valence-corrected chi connectivity index (χ1v) is 6.09. The molecule has 1 aromatic rings. The van der Waals surface area contributed by atoms with E-state index in [1.54, 1.807) is 4.90 Å². The molecule has 2 rings (SSSR count). The molecule has 1 aliphatic heterocycles. The van der Waals surface area contributed by atoms with Crippen LogP contribution in [0.5, 0.6) is 5.75 Å². The van der Waals surface area contributed by atoms with Crippen molar-refractivity contribution in [3.8, 4) is 5.75 Å². The first kappa shape index (κ1) is 12.8. The molecule has 0 radical (unpaired) electrons. The van der Waals surface area contributed by atoms with Gasteiger partial charge in [-0.15, -0.1) is 0 Å². The number of phenolic OH excluding ortho intramolecular Hbond substituents is 1. The number of hydrogen-bond donors (Lipinski definition) is 2. The fraction of sp³-hybridized carbons (Fsp3) is 0.462. The zero-order valence-corrected chi connectivity index (χ0v) is 10.1. The van der Waals surface area contributed by atoms with Crippen LogP contribution in [-0.4, -0.2) is 35.5 Å². The summed E-state index contributed by atoms with van der Waals surface area (Å²) in [5, 5.41) is 9.60. The number of rotatable bonds is 3. The highest BCUT2D eigenvalue weighted by molar-refractivity contribution is 5.97. The van der Waals surface area contributed by atoms with Crippen LogP contribution < -0.4 is 5.73 Å². The van der Waals surface area contributed by atoms with Crippen LogP contribution in [-0.2, 0) is 0 Å². The normalized spacial score (nSPS) is 19.2. The van der Waals surface area contributed by atoms with Crippen molar-refractivity contribution in [2.45, 2.75) is 12.8 Å². The fourth-order valence-electron chi connectivity index (χ4n) is 2.34. The number of nitrogens with two attached hydrogens (primary N) is 1. The van der Waals surface area contributed by atoms with Crippen molar-refractivity contribution in [1.29, 1.82) is 0 Å². The number of carbonyl (C=O) groups excluding carboxylic acids is 1. The number of aromatic hydroxyl groups is 1. The molecule has 4 nitrogen and oxygen atoms in total. The van der Waals surface area contributed by atoms with E-state index >= 15 is 0 Å². The van der Waals surface area contributed by atoms with Gasteiger partial charge in [0, 0.05) is 13.1 Å². The molecule has 98 valence electrons. The lowest BCUT2D eigenvalue weighted by Gasteiger charge is -2.17. The molecule has 0 bridgehead atoms. The molecular weight excluding hydrogens is 235 g/mol. The second kappa shape index (κ2) is 5.35. The molecule has 0 aromatic heterocycles. The summed E-state index contributed by atoms with van der Waals surface area (Å²) in [6, 6.07) is 3.41. The zero-order valence-electron chi connectivity index (χ0n) is 10.1. The number of likely N-dealkylation sites (tertiary alicyclic amines) is 1. The average molecular weight is 252 g/mol. The second-order valence-corrected chi connectivity index (χ2v) is 4.64. The maximum atomic E-state index is 13.1. The summed E-state index contributed by atoms with van der Waals surface area (Å²) in [5.74, 6) is -0.598. The van der Waals surface area contributed by atoms with Gasteiger partial charge < -0.3 is 15.7 Å². The monoisotopic (exact) mass is 252 g/mol. The van der Waals surface area contributed by atoms with Crippen LogP contribution in [0.15, 0.2) is 18.2 Å². The molecule has 1 aliphatic rings. The van der Waals surface area contributed by atoms with Crippen molar-refractivity contribution < 1.29 is 14.3 Å². The number of halogens is 1. The minimum Gasteiger partial charge on any atom is -0.507 e. The predicted molar refractivity (Wildman–Crippen MR) is 65.7 cm³/mol. The van der Waals surface area contributed by atoms with Crippen molar-refractivity contribution in [3.05, 3.63) is 29.6 Å². The Labute approximate surface area is 105 Å². The van der Waals surface area contributed by atoms with Crippen LogP contribution in [0.4, 0.5) is 4.39 Å². The number of amides is 1. The summed E-state index contributed by atoms with van der Waals surface area (Å²) in [6.07, 6.45) is 1.80. The number of phenols is 1. The highest BCUT2D eigenvalue weighted by Crippen LogP contribution is 2.25. The molecule has 18 heavy (non-hydrogen) atoms. The lowest BCUT2D eigenvalue weighted by Crippen LogP contribution is -2.29. The first-order chi connectivity index (χ1) is 8.61. The summed E-state index contributed by atoms with van der Waals surface area (Å²) in [6.45, 7) is 1.88. The smallest absolute Gasteiger partial charge is 0.257 e. The lowest BCUT2D eigenvalue weighted by atomic mass is 10.1. The third kappa shape index (κ3) is 2.61. The van der Waals surface area contributed by atoms with Crippen LogP contribution in [0.1, 0.15) is 23.2 Å². The second-order valence-electron chi connectivity index (χ2n) is 4.64. The van der Waals surface area contributed by atoms with Gasteiger partial charge in [0.05, 0.1) is 5.56 Å². The Morgan fingerprint density at radius 2 is 2.33 bits per heavy atom. The minimum atomic E-state index is -0.520. The van der Waals surface area contributed by atoms with Gasteiger partial charge in [0.1, 0.15) is 11.6 Å².